The Bertz CT molecular complexity index is 608. The van der Waals surface area contributed by atoms with Crippen molar-refractivity contribution in [3.05, 3.63) is 58.1 Å². The van der Waals surface area contributed by atoms with Crippen LogP contribution < -0.4 is 5.56 Å². The van der Waals surface area contributed by atoms with Crippen LogP contribution in [0.2, 0.25) is 0 Å². The van der Waals surface area contributed by atoms with Gasteiger partial charge in [-0.05, 0) is 42.0 Å². The molecule has 2 aromatic rings. The number of nitrogens with zero attached hydrogens (tertiary/aromatic N) is 1. The maximum absolute atomic E-state index is 12.7. The van der Waals surface area contributed by atoms with Gasteiger partial charge in [-0.3, -0.25) is 4.79 Å². The van der Waals surface area contributed by atoms with Crippen LogP contribution in [0.25, 0.3) is 11.3 Å². The number of aromatic nitrogens is 1. The highest BCUT2D eigenvalue weighted by atomic mass is 19.1. The van der Waals surface area contributed by atoms with Crippen LogP contribution in [-0.4, -0.2) is 4.98 Å². The predicted molar refractivity (Wildman–Crippen MR) is 57.2 cm³/mol. The second-order valence-corrected chi connectivity index (χ2v) is 3.23. The van der Waals surface area contributed by atoms with Gasteiger partial charge in [-0.1, -0.05) is 0 Å². The van der Waals surface area contributed by atoms with Crippen LogP contribution in [0, 0.1) is 17.1 Å². The van der Waals surface area contributed by atoms with E-state index in [0.717, 1.165) is 0 Å². The molecule has 1 aromatic carbocycles. The summed E-state index contributed by atoms with van der Waals surface area (Å²) >= 11 is 0. The number of nitrogens with one attached hydrogen (secondary N) is 1. The molecule has 0 amide bonds. The van der Waals surface area contributed by atoms with E-state index in [-0.39, 0.29) is 11.4 Å². The first-order valence-corrected chi connectivity index (χ1v) is 4.60. The van der Waals surface area contributed by atoms with Crippen LogP contribution in [0.1, 0.15) is 5.56 Å². The van der Waals surface area contributed by atoms with Gasteiger partial charge in [0, 0.05) is 5.69 Å². The molecular formula is C12H7FN2O. The average molecular weight is 214 g/mol. The molecule has 3 nitrogen and oxygen atoms in total. The summed E-state index contributed by atoms with van der Waals surface area (Å²) in [4.78, 5) is 13.9. The van der Waals surface area contributed by atoms with Gasteiger partial charge in [-0.2, -0.15) is 5.26 Å². The van der Waals surface area contributed by atoms with Crippen LogP contribution in [0.3, 0.4) is 0 Å². The third-order valence-corrected chi connectivity index (χ3v) is 2.19. The van der Waals surface area contributed by atoms with Gasteiger partial charge in [0.05, 0.1) is 0 Å². The minimum atomic E-state index is -0.440. The molecule has 0 saturated carbocycles. The lowest BCUT2D eigenvalue weighted by Crippen LogP contribution is -2.09. The number of aromatic amines is 1. The maximum atomic E-state index is 12.7. The van der Waals surface area contributed by atoms with Gasteiger partial charge in [0.15, 0.2) is 0 Å². The molecule has 0 aliphatic heterocycles. The van der Waals surface area contributed by atoms with E-state index >= 15 is 0 Å². The van der Waals surface area contributed by atoms with Gasteiger partial charge in [-0.15, -0.1) is 0 Å². The minimum absolute atomic E-state index is 0.0610. The summed E-state index contributed by atoms with van der Waals surface area (Å²) in [5.74, 6) is -0.334. The number of pyridine rings is 1. The van der Waals surface area contributed by atoms with Crippen molar-refractivity contribution in [3.63, 3.8) is 0 Å². The summed E-state index contributed by atoms with van der Waals surface area (Å²) in [5.41, 5.74) is 0.877. The molecule has 0 spiro atoms. The van der Waals surface area contributed by atoms with Crippen molar-refractivity contribution in [3.8, 4) is 17.3 Å². The molecule has 16 heavy (non-hydrogen) atoms. The molecule has 0 unspecified atom stereocenters. The number of benzene rings is 1. The molecule has 1 aromatic heterocycles. The summed E-state index contributed by atoms with van der Waals surface area (Å²) in [7, 11) is 0. The highest BCUT2D eigenvalue weighted by Gasteiger charge is 2.02. The van der Waals surface area contributed by atoms with Gasteiger partial charge in [0.25, 0.3) is 5.56 Å². The van der Waals surface area contributed by atoms with Crippen LogP contribution in [-0.2, 0) is 0 Å². The molecule has 4 heteroatoms. The SMILES string of the molecule is N#Cc1ccc(-c2ccc(F)cc2)[nH]c1=O. The summed E-state index contributed by atoms with van der Waals surface area (Å²) in [6, 6.07) is 10.6. The quantitative estimate of drug-likeness (QED) is 0.789. The van der Waals surface area contributed by atoms with Crippen molar-refractivity contribution >= 4 is 0 Å². The molecule has 0 atom stereocenters. The monoisotopic (exact) mass is 214 g/mol. The first-order chi connectivity index (χ1) is 7.70. The van der Waals surface area contributed by atoms with Crippen molar-refractivity contribution in [1.82, 2.24) is 4.98 Å². The molecule has 2 rings (SSSR count). The number of halogens is 1. The number of H-pyrrole nitrogens is 1. The van der Waals surface area contributed by atoms with Crippen molar-refractivity contribution < 1.29 is 4.39 Å². The minimum Gasteiger partial charge on any atom is -0.321 e. The molecule has 0 aliphatic rings. The number of rotatable bonds is 1. The molecule has 0 aliphatic carbocycles. The molecule has 0 fully saturated rings. The summed E-state index contributed by atoms with van der Waals surface area (Å²) in [5, 5.41) is 8.60. The van der Waals surface area contributed by atoms with E-state index in [0.29, 0.717) is 11.3 Å². The largest absolute Gasteiger partial charge is 0.321 e. The normalized spacial score (nSPS) is 9.75. The first-order valence-electron chi connectivity index (χ1n) is 4.60. The van der Waals surface area contributed by atoms with E-state index in [1.165, 1.54) is 18.2 Å². The Morgan fingerprint density at radius 3 is 2.38 bits per heavy atom. The summed E-state index contributed by atoms with van der Waals surface area (Å²) in [6.45, 7) is 0. The van der Waals surface area contributed by atoms with E-state index in [1.54, 1.807) is 24.3 Å². The average Bonchev–Trinajstić information content (AvgIpc) is 2.30. The Morgan fingerprint density at radius 1 is 1.12 bits per heavy atom. The molecule has 0 radical (unpaired) electrons. The standard InChI is InChI=1S/C12H7FN2O/c13-10-4-1-8(2-5-10)11-6-3-9(7-14)12(16)15-11/h1-6H,(H,15,16). The molecular weight excluding hydrogens is 207 g/mol. The molecule has 78 valence electrons. The summed E-state index contributed by atoms with van der Waals surface area (Å²) in [6.07, 6.45) is 0. The fourth-order valence-electron chi connectivity index (χ4n) is 1.36. The Balaban J connectivity index is 2.50. The predicted octanol–water partition coefficient (Wildman–Crippen LogP) is 2.05. The molecule has 1 heterocycles. The van der Waals surface area contributed by atoms with Crippen LogP contribution in [0.4, 0.5) is 4.39 Å². The van der Waals surface area contributed by atoms with E-state index in [2.05, 4.69) is 4.98 Å². The number of hydrogen-bond donors (Lipinski definition) is 1. The zero-order valence-corrected chi connectivity index (χ0v) is 8.20. The Hall–Kier alpha value is -2.41. The van der Waals surface area contributed by atoms with Gasteiger partial charge < -0.3 is 4.98 Å². The van der Waals surface area contributed by atoms with Crippen LogP contribution >= 0.6 is 0 Å². The van der Waals surface area contributed by atoms with Gasteiger partial charge in [0.1, 0.15) is 17.4 Å². The van der Waals surface area contributed by atoms with Crippen molar-refractivity contribution in [2.24, 2.45) is 0 Å². The zero-order chi connectivity index (χ0) is 11.5. The van der Waals surface area contributed by atoms with Crippen molar-refractivity contribution in [2.75, 3.05) is 0 Å². The third kappa shape index (κ3) is 1.84. The van der Waals surface area contributed by atoms with Gasteiger partial charge in [-0.25, -0.2) is 4.39 Å². The smallest absolute Gasteiger partial charge is 0.266 e. The van der Waals surface area contributed by atoms with Crippen LogP contribution in [0.5, 0.6) is 0 Å². The number of hydrogen-bond acceptors (Lipinski definition) is 2. The maximum Gasteiger partial charge on any atom is 0.266 e. The second kappa shape index (κ2) is 3.99. The first kappa shape index (κ1) is 10.1. The lowest BCUT2D eigenvalue weighted by atomic mass is 10.1. The second-order valence-electron chi connectivity index (χ2n) is 3.23. The van der Waals surface area contributed by atoms with Gasteiger partial charge >= 0.3 is 0 Å². The molecule has 0 saturated heterocycles. The molecule has 1 N–H and O–H groups in total. The van der Waals surface area contributed by atoms with E-state index in [1.807, 2.05) is 0 Å². The summed E-state index contributed by atoms with van der Waals surface area (Å²) < 4.78 is 12.7. The van der Waals surface area contributed by atoms with Crippen molar-refractivity contribution in [1.29, 1.82) is 5.26 Å². The highest BCUT2D eigenvalue weighted by molar-refractivity contribution is 5.59. The lowest BCUT2D eigenvalue weighted by Gasteiger charge is -2.00. The number of nitriles is 1. The van der Waals surface area contributed by atoms with E-state index < -0.39 is 5.56 Å². The molecule has 0 bridgehead atoms. The van der Waals surface area contributed by atoms with Crippen LogP contribution in [0.15, 0.2) is 41.2 Å². The Morgan fingerprint density at radius 2 is 1.81 bits per heavy atom. The Labute approximate surface area is 90.8 Å². The highest BCUT2D eigenvalue weighted by Crippen LogP contribution is 2.15. The van der Waals surface area contributed by atoms with Crippen molar-refractivity contribution in [2.45, 2.75) is 0 Å². The van der Waals surface area contributed by atoms with Gasteiger partial charge in [0.2, 0.25) is 0 Å². The fourth-order valence-corrected chi connectivity index (χ4v) is 1.36. The van der Waals surface area contributed by atoms with E-state index in [4.69, 9.17) is 5.26 Å². The topological polar surface area (TPSA) is 56.6 Å². The Kier molecular flexibility index (Phi) is 2.52. The lowest BCUT2D eigenvalue weighted by molar-refractivity contribution is 0.628. The fraction of sp³-hybridized carbons (Fsp3) is 0. The zero-order valence-electron chi connectivity index (χ0n) is 8.20. The third-order valence-electron chi connectivity index (χ3n) is 2.19. The van der Waals surface area contributed by atoms with E-state index in [9.17, 15) is 9.18 Å².